The molecule has 1 aromatic heterocycles. The lowest BCUT2D eigenvalue weighted by Crippen LogP contribution is -2.40. The van der Waals surface area contributed by atoms with E-state index in [2.05, 4.69) is 14.9 Å². The number of carbonyl (C=O) groups excluding carboxylic acids is 1. The molecule has 116 valence electrons. The lowest BCUT2D eigenvalue weighted by atomic mass is 10.1. The van der Waals surface area contributed by atoms with Crippen LogP contribution in [-0.4, -0.2) is 28.6 Å². The summed E-state index contributed by atoms with van der Waals surface area (Å²) in [4.78, 5) is 16.8. The first-order chi connectivity index (χ1) is 10.7. The Labute approximate surface area is 130 Å². The Kier molecular flexibility index (Phi) is 4.24. The Morgan fingerprint density at radius 3 is 2.91 bits per heavy atom. The number of hydrogen-bond donors (Lipinski definition) is 1. The topological polar surface area (TPSA) is 56.1 Å². The van der Waals surface area contributed by atoms with Gasteiger partial charge in [0.15, 0.2) is 0 Å². The second kappa shape index (κ2) is 6.32. The molecule has 2 aromatic rings. The van der Waals surface area contributed by atoms with Crippen LogP contribution in [0.4, 0.5) is 0 Å². The molecule has 1 aromatic carbocycles. The monoisotopic (exact) mass is 299 g/mol. The van der Waals surface area contributed by atoms with E-state index in [1.165, 1.54) is 0 Å². The Hall–Kier alpha value is -2.14. The zero-order chi connectivity index (χ0) is 15.5. The fourth-order valence-corrected chi connectivity index (χ4v) is 2.89. The van der Waals surface area contributed by atoms with E-state index in [0.717, 1.165) is 36.5 Å². The number of benzene rings is 1. The van der Waals surface area contributed by atoms with Crippen molar-refractivity contribution in [1.82, 2.24) is 14.9 Å². The smallest absolute Gasteiger partial charge is 0.251 e. The van der Waals surface area contributed by atoms with Crippen molar-refractivity contribution in [2.45, 2.75) is 39.0 Å². The fourth-order valence-electron chi connectivity index (χ4n) is 2.89. The first-order valence-corrected chi connectivity index (χ1v) is 7.57. The van der Waals surface area contributed by atoms with Crippen LogP contribution in [0.3, 0.4) is 0 Å². The molecule has 1 unspecified atom stereocenters. The number of imidazole rings is 1. The third kappa shape index (κ3) is 3.20. The SMILES string of the molecule is COCc1ccc(C(=O)NC2CCc3nc(C)cn3C2)cc1. The van der Waals surface area contributed by atoms with Crippen LogP contribution in [-0.2, 0) is 24.3 Å². The van der Waals surface area contributed by atoms with E-state index in [1.807, 2.05) is 37.4 Å². The van der Waals surface area contributed by atoms with Crippen LogP contribution in [0.15, 0.2) is 30.5 Å². The van der Waals surface area contributed by atoms with Crippen molar-refractivity contribution in [3.63, 3.8) is 0 Å². The van der Waals surface area contributed by atoms with Crippen molar-refractivity contribution in [2.24, 2.45) is 0 Å². The van der Waals surface area contributed by atoms with Crippen LogP contribution >= 0.6 is 0 Å². The number of methoxy groups -OCH3 is 1. The number of carbonyl (C=O) groups is 1. The molecule has 3 rings (SSSR count). The van der Waals surface area contributed by atoms with Gasteiger partial charge in [0.1, 0.15) is 5.82 Å². The van der Waals surface area contributed by atoms with Gasteiger partial charge >= 0.3 is 0 Å². The first kappa shape index (κ1) is 14.8. The predicted molar refractivity (Wildman–Crippen MR) is 83.7 cm³/mol. The first-order valence-electron chi connectivity index (χ1n) is 7.57. The summed E-state index contributed by atoms with van der Waals surface area (Å²) in [5.41, 5.74) is 2.79. The Balaban J connectivity index is 1.62. The van der Waals surface area contributed by atoms with Gasteiger partial charge in [0, 0.05) is 37.9 Å². The average Bonchev–Trinajstić information content (AvgIpc) is 2.87. The normalized spacial score (nSPS) is 17.1. The molecular formula is C17H21N3O2. The van der Waals surface area contributed by atoms with Gasteiger partial charge in [-0.05, 0) is 31.0 Å². The average molecular weight is 299 g/mol. The third-order valence-electron chi connectivity index (χ3n) is 3.98. The van der Waals surface area contributed by atoms with Crippen molar-refractivity contribution in [2.75, 3.05) is 7.11 Å². The maximum atomic E-state index is 12.3. The lowest BCUT2D eigenvalue weighted by Gasteiger charge is -2.24. The van der Waals surface area contributed by atoms with Gasteiger partial charge in [0.2, 0.25) is 0 Å². The Morgan fingerprint density at radius 1 is 1.41 bits per heavy atom. The summed E-state index contributed by atoms with van der Waals surface area (Å²) in [5, 5.41) is 3.12. The summed E-state index contributed by atoms with van der Waals surface area (Å²) in [6.45, 7) is 3.36. The number of aromatic nitrogens is 2. The van der Waals surface area contributed by atoms with E-state index in [1.54, 1.807) is 7.11 Å². The largest absolute Gasteiger partial charge is 0.380 e. The van der Waals surface area contributed by atoms with Gasteiger partial charge in [-0.2, -0.15) is 0 Å². The van der Waals surface area contributed by atoms with Crippen molar-refractivity contribution >= 4 is 5.91 Å². The van der Waals surface area contributed by atoms with Gasteiger partial charge in [-0.15, -0.1) is 0 Å². The van der Waals surface area contributed by atoms with E-state index < -0.39 is 0 Å². The molecular weight excluding hydrogens is 278 g/mol. The third-order valence-corrected chi connectivity index (χ3v) is 3.98. The van der Waals surface area contributed by atoms with Crippen LogP contribution in [0.5, 0.6) is 0 Å². The molecule has 1 aliphatic heterocycles. The molecule has 0 bridgehead atoms. The summed E-state index contributed by atoms with van der Waals surface area (Å²) < 4.78 is 7.22. The Morgan fingerprint density at radius 2 is 2.18 bits per heavy atom. The van der Waals surface area contributed by atoms with Crippen LogP contribution in [0.1, 0.15) is 33.9 Å². The minimum atomic E-state index is -0.0192. The molecule has 22 heavy (non-hydrogen) atoms. The summed E-state index contributed by atoms with van der Waals surface area (Å²) in [6, 6.07) is 7.71. The fraction of sp³-hybridized carbons (Fsp3) is 0.412. The van der Waals surface area contributed by atoms with Gasteiger partial charge in [-0.3, -0.25) is 4.79 Å². The Bertz CT molecular complexity index is 661. The van der Waals surface area contributed by atoms with Crippen LogP contribution < -0.4 is 5.32 Å². The zero-order valence-electron chi connectivity index (χ0n) is 13.0. The van der Waals surface area contributed by atoms with Crippen molar-refractivity contribution < 1.29 is 9.53 Å². The maximum Gasteiger partial charge on any atom is 0.251 e. The second-order valence-corrected chi connectivity index (χ2v) is 5.79. The molecule has 0 aliphatic carbocycles. The summed E-state index contributed by atoms with van der Waals surface area (Å²) in [6.07, 6.45) is 3.89. The number of aryl methyl sites for hydroxylation is 2. The molecule has 0 saturated heterocycles. The van der Waals surface area contributed by atoms with Crippen LogP contribution in [0, 0.1) is 6.92 Å². The number of nitrogens with one attached hydrogen (secondary N) is 1. The minimum Gasteiger partial charge on any atom is -0.380 e. The van der Waals surface area contributed by atoms with Gasteiger partial charge in [-0.1, -0.05) is 12.1 Å². The van der Waals surface area contributed by atoms with Gasteiger partial charge in [-0.25, -0.2) is 4.98 Å². The highest BCUT2D eigenvalue weighted by Gasteiger charge is 2.21. The molecule has 1 N–H and O–H groups in total. The summed E-state index contributed by atoms with van der Waals surface area (Å²) >= 11 is 0. The molecule has 0 saturated carbocycles. The molecule has 5 heteroatoms. The highest BCUT2D eigenvalue weighted by Crippen LogP contribution is 2.15. The molecule has 2 heterocycles. The van der Waals surface area contributed by atoms with E-state index >= 15 is 0 Å². The quantitative estimate of drug-likeness (QED) is 0.940. The number of hydrogen-bond acceptors (Lipinski definition) is 3. The number of rotatable bonds is 4. The maximum absolute atomic E-state index is 12.3. The van der Waals surface area contributed by atoms with Crippen molar-refractivity contribution in [1.29, 1.82) is 0 Å². The van der Waals surface area contributed by atoms with E-state index in [0.29, 0.717) is 12.2 Å². The number of ether oxygens (including phenoxy) is 1. The van der Waals surface area contributed by atoms with E-state index in [4.69, 9.17) is 4.74 Å². The van der Waals surface area contributed by atoms with Crippen molar-refractivity contribution in [3.8, 4) is 0 Å². The number of amides is 1. The standard InChI is InChI=1S/C17H21N3O2/c1-12-9-20-10-15(7-8-16(20)18-12)19-17(21)14-5-3-13(4-6-14)11-22-2/h3-6,9,15H,7-8,10-11H2,1-2H3,(H,19,21). The molecule has 0 spiro atoms. The number of nitrogens with zero attached hydrogens (tertiary/aromatic N) is 2. The number of fused-ring (bicyclic) bond motifs is 1. The molecule has 1 aliphatic rings. The molecule has 0 fully saturated rings. The van der Waals surface area contributed by atoms with Gasteiger partial charge < -0.3 is 14.6 Å². The molecule has 1 amide bonds. The van der Waals surface area contributed by atoms with Gasteiger partial charge in [0.05, 0.1) is 12.3 Å². The van der Waals surface area contributed by atoms with Crippen LogP contribution in [0.25, 0.3) is 0 Å². The molecule has 5 nitrogen and oxygen atoms in total. The summed E-state index contributed by atoms with van der Waals surface area (Å²) in [7, 11) is 1.66. The van der Waals surface area contributed by atoms with E-state index in [9.17, 15) is 4.79 Å². The zero-order valence-corrected chi connectivity index (χ0v) is 13.0. The van der Waals surface area contributed by atoms with Crippen LogP contribution in [0.2, 0.25) is 0 Å². The lowest BCUT2D eigenvalue weighted by molar-refractivity contribution is 0.0927. The highest BCUT2D eigenvalue weighted by atomic mass is 16.5. The molecule has 0 radical (unpaired) electrons. The van der Waals surface area contributed by atoms with Crippen molar-refractivity contribution in [3.05, 3.63) is 53.1 Å². The summed E-state index contributed by atoms with van der Waals surface area (Å²) in [5.74, 6) is 1.10. The highest BCUT2D eigenvalue weighted by molar-refractivity contribution is 5.94. The predicted octanol–water partition coefficient (Wildman–Crippen LogP) is 2.08. The van der Waals surface area contributed by atoms with E-state index in [-0.39, 0.29) is 11.9 Å². The molecule has 1 atom stereocenters. The second-order valence-electron chi connectivity index (χ2n) is 5.79. The van der Waals surface area contributed by atoms with Gasteiger partial charge in [0.25, 0.3) is 5.91 Å². The minimum absolute atomic E-state index is 0.0192.